The lowest BCUT2D eigenvalue weighted by Gasteiger charge is -2.04. The van der Waals surface area contributed by atoms with Gasteiger partial charge in [0.25, 0.3) is 10.2 Å². The summed E-state index contributed by atoms with van der Waals surface area (Å²) in [6, 6.07) is 3.49. The first-order valence-electron chi connectivity index (χ1n) is 3.24. The fourth-order valence-corrected chi connectivity index (χ4v) is 1.24. The number of anilines is 2. The summed E-state index contributed by atoms with van der Waals surface area (Å²) < 4.78 is 35.7. The third-order valence-electron chi connectivity index (χ3n) is 1.24. The highest BCUT2D eigenvalue weighted by Crippen LogP contribution is 2.17. The van der Waals surface area contributed by atoms with Crippen molar-refractivity contribution in [2.75, 3.05) is 10.5 Å². The molecule has 0 radical (unpaired) electrons. The smallest absolute Gasteiger partial charge is 0.296 e. The molecule has 72 valence electrons. The Morgan fingerprint density at radius 2 is 2.00 bits per heavy atom. The van der Waals surface area contributed by atoms with Crippen LogP contribution in [-0.4, -0.2) is 8.42 Å². The molecule has 0 aliphatic rings. The second-order valence-electron chi connectivity index (χ2n) is 2.39. The average Bonchev–Trinajstić information content (AvgIpc) is 1.94. The number of benzene rings is 1. The maximum absolute atomic E-state index is 12.9. The van der Waals surface area contributed by atoms with E-state index in [9.17, 15) is 12.8 Å². The van der Waals surface area contributed by atoms with Crippen LogP contribution < -0.4 is 15.6 Å². The molecule has 1 aromatic carbocycles. The van der Waals surface area contributed by atoms with Gasteiger partial charge in [-0.3, -0.25) is 4.72 Å². The van der Waals surface area contributed by atoms with Gasteiger partial charge >= 0.3 is 0 Å². The summed E-state index contributed by atoms with van der Waals surface area (Å²) in [4.78, 5) is 0. The third-order valence-corrected chi connectivity index (χ3v) is 1.75. The molecule has 0 aliphatic carbocycles. The molecule has 0 saturated heterocycles. The minimum atomic E-state index is -3.96. The zero-order chi connectivity index (χ0) is 10.1. The van der Waals surface area contributed by atoms with E-state index in [4.69, 9.17) is 5.73 Å². The lowest BCUT2D eigenvalue weighted by atomic mass is 10.3. The van der Waals surface area contributed by atoms with Gasteiger partial charge in [0, 0.05) is 5.69 Å². The summed E-state index contributed by atoms with van der Waals surface area (Å²) in [5.74, 6) is -0.733. The Balaban J connectivity index is 3.08. The summed E-state index contributed by atoms with van der Waals surface area (Å²) in [5, 5.41) is 4.64. The molecule has 0 atom stereocenters. The molecule has 1 aromatic rings. The largest absolute Gasteiger partial charge is 0.399 e. The number of halogens is 1. The number of hydrogen-bond donors (Lipinski definition) is 3. The molecule has 0 aromatic heterocycles. The minimum absolute atomic E-state index is 0.243. The van der Waals surface area contributed by atoms with E-state index in [2.05, 4.69) is 5.14 Å². The van der Waals surface area contributed by atoms with E-state index in [1.165, 1.54) is 6.07 Å². The first-order chi connectivity index (χ1) is 5.88. The van der Waals surface area contributed by atoms with Crippen LogP contribution in [-0.2, 0) is 10.2 Å². The van der Waals surface area contributed by atoms with Crippen molar-refractivity contribution in [1.82, 2.24) is 0 Å². The third kappa shape index (κ3) is 2.88. The predicted molar refractivity (Wildman–Crippen MR) is 47.5 cm³/mol. The van der Waals surface area contributed by atoms with Crippen LogP contribution in [0.1, 0.15) is 0 Å². The van der Waals surface area contributed by atoms with E-state index in [0.717, 1.165) is 12.1 Å². The molecule has 5 N–H and O–H groups in total. The molecular formula is C6H8FN3O2S. The van der Waals surface area contributed by atoms with Crippen molar-refractivity contribution >= 4 is 21.6 Å². The lowest BCUT2D eigenvalue weighted by Crippen LogP contribution is -2.22. The Labute approximate surface area is 74.7 Å². The van der Waals surface area contributed by atoms with E-state index in [1.807, 2.05) is 0 Å². The van der Waals surface area contributed by atoms with Gasteiger partial charge in [0.2, 0.25) is 0 Å². The molecule has 0 saturated carbocycles. The molecule has 0 amide bonds. The highest BCUT2D eigenvalue weighted by molar-refractivity contribution is 7.90. The number of rotatable bonds is 2. The Kier molecular flexibility index (Phi) is 2.39. The fraction of sp³-hybridized carbons (Fsp3) is 0. The van der Waals surface area contributed by atoms with Crippen molar-refractivity contribution in [1.29, 1.82) is 0 Å². The van der Waals surface area contributed by atoms with Gasteiger partial charge in [-0.15, -0.1) is 0 Å². The lowest BCUT2D eigenvalue weighted by molar-refractivity contribution is 0.600. The van der Waals surface area contributed by atoms with Crippen molar-refractivity contribution in [3.8, 4) is 0 Å². The average molecular weight is 205 g/mol. The van der Waals surface area contributed by atoms with Crippen LogP contribution >= 0.6 is 0 Å². The Morgan fingerprint density at radius 3 is 2.54 bits per heavy atom. The van der Waals surface area contributed by atoms with Gasteiger partial charge in [-0.25, -0.2) is 9.53 Å². The number of nitrogens with two attached hydrogens (primary N) is 2. The van der Waals surface area contributed by atoms with Gasteiger partial charge in [-0.2, -0.15) is 8.42 Å². The van der Waals surface area contributed by atoms with Crippen molar-refractivity contribution in [2.24, 2.45) is 5.14 Å². The van der Waals surface area contributed by atoms with E-state index in [1.54, 1.807) is 4.72 Å². The molecule has 0 aliphatic heterocycles. The number of nitrogen functional groups attached to an aromatic ring is 1. The number of nitrogens with one attached hydrogen (secondary N) is 1. The molecule has 7 heteroatoms. The first-order valence-corrected chi connectivity index (χ1v) is 4.79. The Bertz CT molecular complexity index is 418. The fourth-order valence-electron chi connectivity index (χ4n) is 0.774. The molecule has 0 bridgehead atoms. The summed E-state index contributed by atoms with van der Waals surface area (Å²) in [7, 11) is -3.96. The summed E-state index contributed by atoms with van der Waals surface area (Å²) in [6.45, 7) is 0. The van der Waals surface area contributed by atoms with Gasteiger partial charge in [-0.05, 0) is 18.2 Å². The highest BCUT2D eigenvalue weighted by Gasteiger charge is 2.07. The van der Waals surface area contributed by atoms with Crippen LogP contribution in [0.4, 0.5) is 15.8 Å². The quantitative estimate of drug-likeness (QED) is 0.594. The number of hydrogen-bond acceptors (Lipinski definition) is 3. The Morgan fingerprint density at radius 1 is 1.38 bits per heavy atom. The van der Waals surface area contributed by atoms with E-state index >= 15 is 0 Å². The van der Waals surface area contributed by atoms with E-state index in [0.29, 0.717) is 0 Å². The van der Waals surface area contributed by atoms with Crippen LogP contribution in [0.5, 0.6) is 0 Å². The molecule has 5 nitrogen and oxygen atoms in total. The molecule has 0 spiro atoms. The normalized spacial score (nSPS) is 11.2. The molecule has 13 heavy (non-hydrogen) atoms. The topological polar surface area (TPSA) is 98.2 Å². The SMILES string of the molecule is Nc1ccc(F)c(NS(N)(=O)=O)c1. The molecule has 1 rings (SSSR count). The zero-order valence-electron chi connectivity index (χ0n) is 6.49. The molecular weight excluding hydrogens is 197 g/mol. The second kappa shape index (κ2) is 3.19. The van der Waals surface area contributed by atoms with Crippen molar-refractivity contribution < 1.29 is 12.8 Å². The molecule has 0 unspecified atom stereocenters. The summed E-state index contributed by atoms with van der Waals surface area (Å²) >= 11 is 0. The predicted octanol–water partition coefficient (Wildman–Crippen LogP) is 0.0233. The standard InChI is InChI=1S/C6H8FN3O2S/c7-5-2-1-4(8)3-6(5)10-13(9,11)12/h1-3,10H,8H2,(H2,9,11,12). The van der Waals surface area contributed by atoms with Crippen LogP contribution in [0.15, 0.2) is 18.2 Å². The van der Waals surface area contributed by atoms with Crippen LogP contribution in [0.25, 0.3) is 0 Å². The summed E-state index contributed by atoms with van der Waals surface area (Å²) in [5.41, 5.74) is 5.29. The molecule has 0 heterocycles. The second-order valence-corrected chi connectivity index (χ2v) is 3.68. The van der Waals surface area contributed by atoms with Gasteiger partial charge in [0.1, 0.15) is 5.82 Å². The van der Waals surface area contributed by atoms with Gasteiger partial charge < -0.3 is 5.73 Å². The van der Waals surface area contributed by atoms with Crippen molar-refractivity contribution in [3.63, 3.8) is 0 Å². The maximum Gasteiger partial charge on any atom is 0.296 e. The maximum atomic E-state index is 12.9. The van der Waals surface area contributed by atoms with Gasteiger partial charge in [0.15, 0.2) is 0 Å². The van der Waals surface area contributed by atoms with Gasteiger partial charge in [-0.1, -0.05) is 0 Å². The van der Waals surface area contributed by atoms with E-state index < -0.39 is 16.0 Å². The first kappa shape index (κ1) is 9.75. The van der Waals surface area contributed by atoms with E-state index in [-0.39, 0.29) is 11.4 Å². The highest BCUT2D eigenvalue weighted by atomic mass is 32.2. The Hall–Kier alpha value is -1.34. The van der Waals surface area contributed by atoms with Gasteiger partial charge in [0.05, 0.1) is 5.69 Å². The van der Waals surface area contributed by atoms with Crippen LogP contribution in [0, 0.1) is 5.82 Å². The summed E-state index contributed by atoms with van der Waals surface area (Å²) in [6.07, 6.45) is 0. The van der Waals surface area contributed by atoms with Crippen molar-refractivity contribution in [3.05, 3.63) is 24.0 Å². The monoisotopic (exact) mass is 205 g/mol. The van der Waals surface area contributed by atoms with Crippen molar-refractivity contribution in [2.45, 2.75) is 0 Å². The van der Waals surface area contributed by atoms with Crippen LogP contribution in [0.3, 0.4) is 0 Å². The minimum Gasteiger partial charge on any atom is -0.399 e. The van der Waals surface area contributed by atoms with Crippen LogP contribution in [0.2, 0.25) is 0 Å². The zero-order valence-corrected chi connectivity index (χ0v) is 7.31. The molecule has 0 fully saturated rings.